The minimum atomic E-state index is -1.34. The molecule has 310 valence electrons. The van der Waals surface area contributed by atoms with Crippen LogP contribution in [0.3, 0.4) is 0 Å². The number of phenols is 1. The molecular formula is C48H38ClN5O7S. The first kappa shape index (κ1) is 38.4. The van der Waals surface area contributed by atoms with E-state index in [0.717, 1.165) is 31.6 Å². The summed E-state index contributed by atoms with van der Waals surface area (Å²) >= 11 is 7.91. The van der Waals surface area contributed by atoms with Gasteiger partial charge in [0.1, 0.15) is 28.5 Å². The van der Waals surface area contributed by atoms with Crippen molar-refractivity contribution < 1.29 is 33.4 Å². The number of imide groups is 2. The Balaban J connectivity index is 0.977. The molecule has 1 saturated carbocycles. The number of anilines is 2. The molecule has 62 heavy (non-hydrogen) atoms. The second-order valence-electron chi connectivity index (χ2n) is 16.8. The second-order valence-corrected chi connectivity index (χ2v) is 18.3. The highest BCUT2D eigenvalue weighted by atomic mass is 35.5. The largest absolute Gasteiger partial charge is 0.508 e. The number of fused-ring (bicyclic) bond motifs is 6. The van der Waals surface area contributed by atoms with Crippen LogP contribution in [0.25, 0.3) is 43.2 Å². The van der Waals surface area contributed by atoms with Gasteiger partial charge in [-0.25, -0.2) is 9.88 Å². The van der Waals surface area contributed by atoms with Crippen LogP contribution < -0.4 is 14.5 Å². The number of amides is 4. The van der Waals surface area contributed by atoms with Gasteiger partial charge >= 0.3 is 0 Å². The molecule has 2 aliphatic carbocycles. The van der Waals surface area contributed by atoms with Crippen LogP contribution >= 0.6 is 22.9 Å². The van der Waals surface area contributed by atoms with Crippen LogP contribution in [0.2, 0.25) is 5.02 Å². The average molecular weight is 864 g/mol. The zero-order valence-corrected chi connectivity index (χ0v) is 35.5. The van der Waals surface area contributed by atoms with Crippen molar-refractivity contribution in [2.45, 2.75) is 32.6 Å². The monoisotopic (exact) mass is 863 g/mol. The number of aromatic hydroxyl groups is 1. The van der Waals surface area contributed by atoms with Crippen LogP contribution in [0.1, 0.15) is 36.8 Å². The highest BCUT2D eigenvalue weighted by molar-refractivity contribution is 7.22. The van der Waals surface area contributed by atoms with Gasteiger partial charge in [0.05, 0.1) is 40.8 Å². The first-order valence-corrected chi connectivity index (χ1v) is 21.6. The third-order valence-electron chi connectivity index (χ3n) is 13.7. The summed E-state index contributed by atoms with van der Waals surface area (Å²) in [7, 11) is 3.21. The van der Waals surface area contributed by atoms with E-state index in [1.165, 1.54) is 29.0 Å². The van der Waals surface area contributed by atoms with Crippen molar-refractivity contribution in [2.24, 2.45) is 36.1 Å². The highest BCUT2D eigenvalue weighted by Crippen LogP contribution is 2.65. The number of benzene rings is 4. The molecule has 4 aliphatic rings. The molecule has 3 fully saturated rings. The quantitative estimate of drug-likeness (QED) is 0.128. The van der Waals surface area contributed by atoms with Crippen LogP contribution in [0, 0.1) is 36.0 Å². The Morgan fingerprint density at radius 2 is 1.71 bits per heavy atom. The van der Waals surface area contributed by atoms with E-state index in [2.05, 4.69) is 4.98 Å². The molecule has 1 N–H and O–H groups in total. The van der Waals surface area contributed by atoms with Gasteiger partial charge in [0, 0.05) is 45.9 Å². The molecule has 0 spiro atoms. The van der Waals surface area contributed by atoms with Gasteiger partial charge in [-0.2, -0.15) is 5.10 Å². The molecule has 11 rings (SSSR count). The van der Waals surface area contributed by atoms with Gasteiger partial charge in [-0.1, -0.05) is 41.4 Å². The molecule has 14 heteroatoms. The third-order valence-corrected chi connectivity index (χ3v) is 15.2. The summed E-state index contributed by atoms with van der Waals surface area (Å²) in [5.41, 5.74) is 4.17. The van der Waals surface area contributed by atoms with Gasteiger partial charge in [-0.05, 0) is 104 Å². The van der Waals surface area contributed by atoms with E-state index in [1.54, 1.807) is 59.5 Å². The number of aryl methyl sites for hydroxylation is 2. The predicted molar refractivity (Wildman–Crippen MR) is 235 cm³/mol. The molecule has 7 aromatic rings. The number of ether oxygens (including phenoxy) is 1. The molecule has 0 radical (unpaired) electrons. The molecular weight excluding hydrogens is 826 g/mol. The van der Waals surface area contributed by atoms with Gasteiger partial charge in [0.2, 0.25) is 29.5 Å². The van der Waals surface area contributed by atoms with Gasteiger partial charge in [0.25, 0.3) is 0 Å². The van der Waals surface area contributed by atoms with Crippen LogP contribution in [0.4, 0.5) is 11.5 Å². The van der Waals surface area contributed by atoms with E-state index in [4.69, 9.17) is 25.9 Å². The van der Waals surface area contributed by atoms with Crippen molar-refractivity contribution in [1.82, 2.24) is 14.8 Å². The number of carbonyl (C=O) groups excluding carboxylic acids is 4. The number of hydrogen-bond acceptors (Lipinski definition) is 10. The molecule has 2 aliphatic heterocycles. The summed E-state index contributed by atoms with van der Waals surface area (Å²) in [6.45, 7) is 3.83. The number of para-hydroxylation sites is 2. The number of allylic oxidation sites excluding steroid dienone is 2. The van der Waals surface area contributed by atoms with Gasteiger partial charge in [-0.15, -0.1) is 11.3 Å². The van der Waals surface area contributed by atoms with E-state index in [0.29, 0.717) is 50.6 Å². The van der Waals surface area contributed by atoms with Crippen LogP contribution in [-0.4, -0.2) is 50.6 Å². The molecule has 6 atom stereocenters. The van der Waals surface area contributed by atoms with Crippen LogP contribution in [0.5, 0.6) is 11.5 Å². The molecule has 0 unspecified atom stereocenters. The standard InChI is InChI=1S/C48H38ClN5O7S/c1-23-31-19-25(49)11-18-38(31)62-42(23)35-22-39(52(3)51-35)54-45(57)33-21-32-28(41(48(33,2)47(54)59)29-15-14-27(55)20-37(29)60-4)16-17-30-40(32)46(58)53(44(30)56)26-12-9-24(10-13-26)43-50-34-7-5-6-8-36(34)61-43/h5-16,18-20,22,30,32-33,40-41,55H,17,21H2,1-4H3/t30-,32+,33-,40-,41+,48+/m0/s1. The summed E-state index contributed by atoms with van der Waals surface area (Å²) in [5, 5.41) is 17.0. The molecule has 0 bridgehead atoms. The number of hydrogen-bond donors (Lipinski definition) is 1. The summed E-state index contributed by atoms with van der Waals surface area (Å²) in [6, 6.07) is 26.8. The molecule has 5 heterocycles. The van der Waals surface area contributed by atoms with Crippen molar-refractivity contribution in [2.75, 3.05) is 16.9 Å². The molecule has 4 aromatic carbocycles. The maximum atomic E-state index is 15.3. The Hall–Kier alpha value is -6.57. The van der Waals surface area contributed by atoms with E-state index in [9.17, 15) is 14.7 Å². The van der Waals surface area contributed by atoms with Crippen LogP contribution in [0.15, 0.2) is 107 Å². The summed E-state index contributed by atoms with van der Waals surface area (Å²) in [6.07, 6.45) is 2.44. The topological polar surface area (TPSA) is 148 Å². The van der Waals surface area contributed by atoms with Crippen molar-refractivity contribution in [3.05, 3.63) is 119 Å². The van der Waals surface area contributed by atoms with Gasteiger partial charge < -0.3 is 14.3 Å². The average Bonchev–Trinajstić information content (AvgIpc) is 4.05. The summed E-state index contributed by atoms with van der Waals surface area (Å²) in [5.74, 6) is -4.01. The third kappa shape index (κ3) is 5.37. The smallest absolute Gasteiger partial charge is 0.242 e. The fourth-order valence-electron chi connectivity index (χ4n) is 10.7. The highest BCUT2D eigenvalue weighted by Gasteiger charge is 2.68. The fourth-order valence-corrected chi connectivity index (χ4v) is 12.1. The SMILES string of the molecule is COc1cc(O)ccc1[C@H]1C2=CC[C@@H]3C(=O)N(c4ccc(-c5nc6ccccc6o5)cc4)C(=O)[C@@H]3[C@@H]2C[C@H]2C(=O)N(c3cc(-c4sc5ccc(Cl)cc5c4C)nn3C)C(=O)[C@@]12C. The zero-order valence-electron chi connectivity index (χ0n) is 34.0. The fraction of sp³-hybridized carbons (Fsp3) is 0.250. The lowest BCUT2D eigenvalue weighted by molar-refractivity contribution is -0.131. The Bertz CT molecular complexity index is 3100. The van der Waals surface area contributed by atoms with E-state index in [1.807, 2.05) is 62.4 Å². The summed E-state index contributed by atoms with van der Waals surface area (Å²) in [4.78, 5) is 67.5. The number of halogens is 1. The van der Waals surface area contributed by atoms with Crippen molar-refractivity contribution in [3.8, 4) is 33.5 Å². The first-order valence-electron chi connectivity index (χ1n) is 20.4. The van der Waals surface area contributed by atoms with Crippen LogP contribution in [-0.2, 0) is 26.2 Å². The minimum Gasteiger partial charge on any atom is -0.508 e. The number of aromatic nitrogens is 3. The molecule has 4 amide bonds. The maximum Gasteiger partial charge on any atom is 0.242 e. The maximum absolute atomic E-state index is 15.3. The number of methoxy groups -OCH3 is 1. The van der Waals surface area contributed by atoms with Crippen molar-refractivity contribution >= 4 is 79.3 Å². The number of oxazole rings is 1. The molecule has 12 nitrogen and oxygen atoms in total. The van der Waals surface area contributed by atoms with Gasteiger partial charge in [0.15, 0.2) is 5.58 Å². The van der Waals surface area contributed by atoms with E-state index >= 15 is 9.59 Å². The number of thiophene rings is 1. The predicted octanol–water partition coefficient (Wildman–Crippen LogP) is 9.22. The van der Waals surface area contributed by atoms with Crippen molar-refractivity contribution in [3.63, 3.8) is 0 Å². The number of rotatable bonds is 6. The molecule has 2 saturated heterocycles. The number of phenolic OH excluding ortho intramolecular Hbond substituents is 1. The minimum absolute atomic E-state index is 0.0247. The number of carbonyl (C=O) groups is 4. The lowest BCUT2D eigenvalue weighted by atomic mass is 9.51. The Kier molecular flexibility index (Phi) is 8.49. The van der Waals surface area contributed by atoms with E-state index in [-0.39, 0.29) is 30.4 Å². The lowest BCUT2D eigenvalue weighted by Crippen LogP contribution is -2.49. The summed E-state index contributed by atoms with van der Waals surface area (Å²) < 4.78 is 14.4. The number of nitrogens with zero attached hydrogens (tertiary/aromatic N) is 5. The first-order chi connectivity index (χ1) is 29.9. The second kappa shape index (κ2) is 13.7. The lowest BCUT2D eigenvalue weighted by Gasteiger charge is -2.49. The van der Waals surface area contributed by atoms with Gasteiger partial charge in [-0.3, -0.25) is 28.8 Å². The Morgan fingerprint density at radius 1 is 0.919 bits per heavy atom. The Morgan fingerprint density at radius 3 is 2.48 bits per heavy atom. The zero-order chi connectivity index (χ0) is 42.9. The normalized spacial score (nSPS) is 24.5. The molecule has 3 aromatic heterocycles. The Labute approximate surface area is 364 Å². The van der Waals surface area contributed by atoms with E-state index < -0.39 is 46.8 Å². The van der Waals surface area contributed by atoms with Crippen molar-refractivity contribution in [1.29, 1.82) is 0 Å².